The third-order valence-electron chi connectivity index (χ3n) is 3.01. The van der Waals surface area contributed by atoms with Crippen LogP contribution in [-0.2, 0) is 0 Å². The monoisotopic (exact) mass is 239 g/mol. The van der Waals surface area contributed by atoms with Crippen LogP contribution >= 0.6 is 0 Å². The fourth-order valence-corrected chi connectivity index (χ4v) is 2.23. The van der Waals surface area contributed by atoms with Crippen molar-refractivity contribution in [3.8, 4) is 11.4 Å². The first kappa shape index (κ1) is 10.7. The minimum atomic E-state index is -0.888. The first-order valence-corrected chi connectivity index (χ1v) is 5.45. The van der Waals surface area contributed by atoms with Gasteiger partial charge in [0.15, 0.2) is 0 Å². The Morgan fingerprint density at radius 2 is 1.72 bits per heavy atom. The van der Waals surface area contributed by atoms with E-state index in [-0.39, 0.29) is 0 Å². The molecule has 0 saturated heterocycles. The highest BCUT2D eigenvalue weighted by molar-refractivity contribution is 5.67. The zero-order valence-corrected chi connectivity index (χ0v) is 9.30. The molecule has 1 N–H and O–H groups in total. The van der Waals surface area contributed by atoms with Gasteiger partial charge in [0.25, 0.3) is 0 Å². The number of hydrogen-bond donors (Lipinski definition) is 1. The lowest BCUT2D eigenvalue weighted by Gasteiger charge is -2.27. The van der Waals surface area contributed by atoms with Gasteiger partial charge < -0.3 is 5.11 Å². The van der Waals surface area contributed by atoms with E-state index in [1.54, 1.807) is 36.7 Å². The van der Waals surface area contributed by atoms with Gasteiger partial charge in [0.05, 0.1) is 23.5 Å². The number of hydrogen-bond acceptors (Lipinski definition) is 4. The molecule has 3 rings (SSSR count). The van der Waals surface area contributed by atoms with Crippen molar-refractivity contribution in [3.63, 3.8) is 0 Å². The highest BCUT2D eigenvalue weighted by Gasteiger charge is 2.33. The van der Waals surface area contributed by atoms with Crippen LogP contribution in [0.5, 0.6) is 0 Å². The Morgan fingerprint density at radius 1 is 1.11 bits per heavy atom. The van der Waals surface area contributed by atoms with Crippen molar-refractivity contribution in [2.45, 2.75) is 12.1 Å². The Kier molecular flexibility index (Phi) is 2.44. The van der Waals surface area contributed by atoms with Crippen molar-refractivity contribution >= 4 is 0 Å². The topological polar surface area (TPSA) is 94.8 Å². The third-order valence-corrected chi connectivity index (χ3v) is 3.01. The van der Waals surface area contributed by atoms with Crippen LogP contribution in [0.1, 0.15) is 23.3 Å². The Balaban J connectivity index is 2.31. The second-order valence-electron chi connectivity index (χ2n) is 3.98. The van der Waals surface area contributed by atoms with Crippen LogP contribution in [0.4, 0.5) is 0 Å². The molecule has 18 heavy (non-hydrogen) atoms. The van der Waals surface area contributed by atoms with E-state index < -0.39 is 12.1 Å². The number of aromatic nitrogens is 2. The lowest BCUT2D eigenvalue weighted by molar-refractivity contribution is 0.145. The fraction of sp³-hybridized carbons (Fsp3) is 0.167. The van der Waals surface area contributed by atoms with Crippen LogP contribution in [0.2, 0.25) is 0 Å². The Labute approximate surface area is 103 Å². The summed E-state index contributed by atoms with van der Waals surface area (Å²) in [6.07, 6.45) is 2.42. The molecule has 6 nitrogen and oxygen atoms in total. The zero-order valence-electron chi connectivity index (χ0n) is 9.30. The zero-order chi connectivity index (χ0) is 12.5. The first-order valence-electron chi connectivity index (χ1n) is 5.45. The maximum absolute atomic E-state index is 10.3. The van der Waals surface area contributed by atoms with E-state index in [4.69, 9.17) is 5.53 Å². The minimum absolute atomic E-state index is 0.640. The predicted molar refractivity (Wildman–Crippen MR) is 64.3 cm³/mol. The summed E-state index contributed by atoms with van der Waals surface area (Å²) in [7, 11) is 0. The molecule has 0 spiro atoms. The molecule has 2 aromatic rings. The molecule has 2 atom stereocenters. The number of aliphatic hydroxyl groups excluding tert-OH is 1. The Hall–Kier alpha value is -2.43. The summed E-state index contributed by atoms with van der Waals surface area (Å²) >= 11 is 0. The second-order valence-corrected chi connectivity index (χ2v) is 3.98. The number of aliphatic hydroxyl groups is 1. The molecule has 2 aromatic heterocycles. The van der Waals surface area contributed by atoms with Gasteiger partial charge in [-0.2, -0.15) is 0 Å². The van der Waals surface area contributed by atoms with E-state index >= 15 is 0 Å². The molecule has 0 radical (unpaired) electrons. The molecular weight excluding hydrogens is 230 g/mol. The van der Waals surface area contributed by atoms with Crippen LogP contribution < -0.4 is 0 Å². The van der Waals surface area contributed by atoms with Crippen molar-refractivity contribution in [1.29, 1.82) is 0 Å². The van der Waals surface area contributed by atoms with Gasteiger partial charge in [0.2, 0.25) is 0 Å². The summed E-state index contributed by atoms with van der Waals surface area (Å²) in [4.78, 5) is 11.3. The predicted octanol–water partition coefficient (Wildman–Crippen LogP) is 2.54. The van der Waals surface area contributed by atoms with Gasteiger partial charge in [-0.1, -0.05) is 17.2 Å². The van der Waals surface area contributed by atoms with E-state index in [9.17, 15) is 5.11 Å². The summed E-state index contributed by atoms with van der Waals surface area (Å²) in [6.45, 7) is 0. The number of rotatable bonds is 1. The summed E-state index contributed by atoms with van der Waals surface area (Å²) in [5.41, 5.74) is 11.3. The summed E-state index contributed by atoms with van der Waals surface area (Å²) in [5.74, 6) is 0. The number of azide groups is 1. The molecule has 0 aliphatic heterocycles. The molecular formula is C12H9N5O. The van der Waals surface area contributed by atoms with Crippen molar-refractivity contribution in [3.05, 3.63) is 58.2 Å². The van der Waals surface area contributed by atoms with Gasteiger partial charge in [0.1, 0.15) is 0 Å². The smallest absolute Gasteiger partial charge is 0.0949 e. The maximum atomic E-state index is 10.3. The van der Waals surface area contributed by atoms with E-state index in [2.05, 4.69) is 20.0 Å². The van der Waals surface area contributed by atoms with E-state index in [0.29, 0.717) is 22.5 Å². The molecule has 1 aliphatic rings. The molecule has 0 amide bonds. The molecule has 0 unspecified atom stereocenters. The lowest BCUT2D eigenvalue weighted by Crippen LogP contribution is -2.17. The standard InChI is InChI=1S/C12H9N5O/c13-17-16-11-7-3-1-5-14-9(7)10-8(12(11)18)4-2-6-15-10/h1-6,11-12,18H/t11-,12-/m0/s1. The van der Waals surface area contributed by atoms with Crippen LogP contribution in [0, 0.1) is 0 Å². The van der Waals surface area contributed by atoms with E-state index in [0.717, 1.165) is 0 Å². The Morgan fingerprint density at radius 3 is 2.39 bits per heavy atom. The highest BCUT2D eigenvalue weighted by atomic mass is 16.3. The molecule has 2 heterocycles. The minimum Gasteiger partial charge on any atom is -0.388 e. The van der Waals surface area contributed by atoms with Crippen LogP contribution in [0.3, 0.4) is 0 Å². The molecule has 0 saturated carbocycles. The average molecular weight is 239 g/mol. The third kappa shape index (κ3) is 1.44. The second kappa shape index (κ2) is 4.10. The van der Waals surface area contributed by atoms with Crippen molar-refractivity contribution in [2.24, 2.45) is 5.11 Å². The van der Waals surface area contributed by atoms with Crippen LogP contribution in [0.15, 0.2) is 41.8 Å². The van der Waals surface area contributed by atoms with E-state index in [1.807, 2.05) is 0 Å². The van der Waals surface area contributed by atoms with Gasteiger partial charge in [0, 0.05) is 22.9 Å². The Bertz CT molecular complexity index is 650. The quantitative estimate of drug-likeness (QED) is 0.470. The fourth-order valence-electron chi connectivity index (χ4n) is 2.23. The van der Waals surface area contributed by atoms with Crippen molar-refractivity contribution < 1.29 is 5.11 Å². The highest BCUT2D eigenvalue weighted by Crippen LogP contribution is 2.44. The summed E-state index contributed by atoms with van der Waals surface area (Å²) in [6, 6.07) is 6.39. The molecule has 88 valence electrons. The SMILES string of the molecule is [N-]=[N+]=N[C@H]1c2cccnc2-c2ncccc2[C@@H]1O. The van der Waals surface area contributed by atoms with Gasteiger partial charge >= 0.3 is 0 Å². The molecule has 0 fully saturated rings. The molecule has 0 aromatic carbocycles. The molecule has 1 aliphatic carbocycles. The maximum Gasteiger partial charge on any atom is 0.0949 e. The summed E-state index contributed by atoms with van der Waals surface area (Å²) < 4.78 is 0. The number of pyridine rings is 2. The number of fused-ring (bicyclic) bond motifs is 3. The average Bonchev–Trinajstić information content (AvgIpc) is 2.43. The first-order chi connectivity index (χ1) is 8.83. The van der Waals surface area contributed by atoms with E-state index in [1.165, 1.54) is 0 Å². The number of nitrogens with zero attached hydrogens (tertiary/aromatic N) is 5. The van der Waals surface area contributed by atoms with Crippen LogP contribution in [-0.4, -0.2) is 15.1 Å². The van der Waals surface area contributed by atoms with Gasteiger partial charge in [-0.05, 0) is 23.2 Å². The van der Waals surface area contributed by atoms with Crippen molar-refractivity contribution in [2.75, 3.05) is 0 Å². The lowest BCUT2D eigenvalue weighted by atomic mass is 9.86. The summed E-state index contributed by atoms with van der Waals surface area (Å²) in [5, 5.41) is 13.9. The molecule has 0 bridgehead atoms. The van der Waals surface area contributed by atoms with Gasteiger partial charge in [-0.25, -0.2) is 0 Å². The molecule has 6 heteroatoms. The van der Waals surface area contributed by atoms with Crippen LogP contribution in [0.25, 0.3) is 21.8 Å². The van der Waals surface area contributed by atoms with Gasteiger partial charge in [-0.15, -0.1) is 0 Å². The largest absolute Gasteiger partial charge is 0.388 e. The van der Waals surface area contributed by atoms with Gasteiger partial charge in [-0.3, -0.25) is 9.97 Å². The van der Waals surface area contributed by atoms with Crippen molar-refractivity contribution in [1.82, 2.24) is 9.97 Å². The normalized spacial score (nSPS) is 20.5.